The minimum atomic E-state index is 0.802. The van der Waals surface area contributed by atoms with E-state index >= 15 is 0 Å². The van der Waals surface area contributed by atoms with Gasteiger partial charge in [-0.3, -0.25) is 0 Å². The molecule has 0 spiro atoms. The minimum Gasteiger partial charge on any atom is -0.365 e. The monoisotopic (exact) mass is 159 g/mol. The molecule has 1 aliphatic carbocycles. The zero-order valence-electron chi connectivity index (χ0n) is 7.16. The molecule has 0 unspecified atom stereocenters. The molecule has 3 rings (SSSR count). The van der Waals surface area contributed by atoms with Gasteiger partial charge in [0, 0.05) is 12.2 Å². The summed E-state index contributed by atoms with van der Waals surface area (Å²) in [4.78, 5) is 2.50. The van der Waals surface area contributed by atoms with Crippen LogP contribution in [-0.2, 0) is 0 Å². The first-order valence-electron chi connectivity index (χ1n) is 4.81. The Morgan fingerprint density at radius 3 is 2.83 bits per heavy atom. The van der Waals surface area contributed by atoms with E-state index in [0.717, 1.165) is 6.04 Å². The van der Waals surface area contributed by atoms with Gasteiger partial charge in [-0.15, -0.1) is 0 Å². The third-order valence-electron chi connectivity index (χ3n) is 3.02. The van der Waals surface area contributed by atoms with Gasteiger partial charge in [0.05, 0.1) is 6.04 Å². The molecule has 2 heterocycles. The van der Waals surface area contributed by atoms with Gasteiger partial charge in [0.2, 0.25) is 0 Å². The van der Waals surface area contributed by atoms with Crippen molar-refractivity contribution in [2.75, 3.05) is 6.54 Å². The maximum atomic E-state index is 2.50. The van der Waals surface area contributed by atoms with Gasteiger partial charge in [0.1, 0.15) is 0 Å². The summed E-state index contributed by atoms with van der Waals surface area (Å²) in [6, 6.07) is 0.802. The quantitative estimate of drug-likeness (QED) is 0.567. The molecular formula is C11H13N. The van der Waals surface area contributed by atoms with Crippen LogP contribution in [0.15, 0.2) is 35.6 Å². The largest absolute Gasteiger partial charge is 0.365 e. The number of nitrogens with zero attached hydrogens (tertiary/aromatic N) is 1. The van der Waals surface area contributed by atoms with Crippen molar-refractivity contribution < 1.29 is 0 Å². The van der Waals surface area contributed by atoms with E-state index < -0.39 is 0 Å². The number of rotatable bonds is 1. The molecule has 0 saturated carbocycles. The lowest BCUT2D eigenvalue weighted by atomic mass is 9.87. The minimum absolute atomic E-state index is 0.802. The second-order valence-corrected chi connectivity index (χ2v) is 3.74. The summed E-state index contributed by atoms with van der Waals surface area (Å²) in [6.45, 7) is 1.28. The van der Waals surface area contributed by atoms with Crippen LogP contribution < -0.4 is 0 Å². The van der Waals surface area contributed by atoms with Crippen molar-refractivity contribution >= 4 is 0 Å². The van der Waals surface area contributed by atoms with Gasteiger partial charge in [-0.1, -0.05) is 18.2 Å². The summed E-state index contributed by atoms with van der Waals surface area (Å²) in [5.41, 5.74) is 2.94. The van der Waals surface area contributed by atoms with Crippen LogP contribution in [0.3, 0.4) is 0 Å². The van der Waals surface area contributed by atoms with Crippen LogP contribution in [0.25, 0.3) is 0 Å². The van der Waals surface area contributed by atoms with Crippen LogP contribution >= 0.6 is 0 Å². The van der Waals surface area contributed by atoms with Crippen molar-refractivity contribution in [3.63, 3.8) is 0 Å². The Balaban J connectivity index is 1.85. The van der Waals surface area contributed by atoms with Crippen LogP contribution in [0.4, 0.5) is 0 Å². The standard InChI is InChI=1S/C11H13N/c1-2-4-9(5-3-1)11-8-10-6-7-12(10)11/h2,4-5,8,10H,1,3,6-7H2/t10-/m0/s1. The van der Waals surface area contributed by atoms with Crippen LogP contribution in [0, 0.1) is 0 Å². The summed E-state index contributed by atoms with van der Waals surface area (Å²) >= 11 is 0. The molecule has 62 valence electrons. The molecule has 0 aromatic carbocycles. The maximum Gasteiger partial charge on any atom is 0.0513 e. The zero-order chi connectivity index (χ0) is 7.97. The van der Waals surface area contributed by atoms with E-state index in [1.54, 1.807) is 0 Å². The van der Waals surface area contributed by atoms with E-state index in [2.05, 4.69) is 29.2 Å². The van der Waals surface area contributed by atoms with Gasteiger partial charge in [-0.05, 0) is 30.9 Å². The smallest absolute Gasteiger partial charge is 0.0513 e. The molecule has 12 heavy (non-hydrogen) atoms. The van der Waals surface area contributed by atoms with Gasteiger partial charge in [0.15, 0.2) is 0 Å². The Hall–Kier alpha value is -0.980. The molecule has 0 bridgehead atoms. The van der Waals surface area contributed by atoms with Gasteiger partial charge in [-0.25, -0.2) is 0 Å². The zero-order valence-corrected chi connectivity index (χ0v) is 7.16. The first kappa shape index (κ1) is 6.53. The first-order chi connectivity index (χ1) is 5.95. The number of fused-ring (bicyclic) bond motifs is 1. The topological polar surface area (TPSA) is 3.24 Å². The first-order valence-corrected chi connectivity index (χ1v) is 4.81. The van der Waals surface area contributed by atoms with Gasteiger partial charge in [0.25, 0.3) is 0 Å². The number of hydrogen-bond acceptors (Lipinski definition) is 1. The summed E-state index contributed by atoms with van der Waals surface area (Å²) in [7, 11) is 0. The predicted molar refractivity (Wildman–Crippen MR) is 49.7 cm³/mol. The summed E-state index contributed by atoms with van der Waals surface area (Å²) in [6.07, 6.45) is 13.1. The Morgan fingerprint density at radius 2 is 2.33 bits per heavy atom. The molecule has 1 nitrogen and oxygen atoms in total. The van der Waals surface area contributed by atoms with Gasteiger partial charge < -0.3 is 4.90 Å². The molecule has 3 aliphatic rings. The molecule has 1 fully saturated rings. The Morgan fingerprint density at radius 1 is 1.33 bits per heavy atom. The predicted octanol–water partition coefficient (Wildman–Crippen LogP) is 2.23. The average molecular weight is 159 g/mol. The highest BCUT2D eigenvalue weighted by atomic mass is 15.3. The fourth-order valence-electron chi connectivity index (χ4n) is 2.14. The van der Waals surface area contributed by atoms with E-state index in [-0.39, 0.29) is 0 Å². The third kappa shape index (κ3) is 0.739. The Labute approximate surface area is 73.1 Å². The summed E-state index contributed by atoms with van der Waals surface area (Å²) in [5, 5.41) is 0. The maximum absolute atomic E-state index is 2.50. The van der Waals surface area contributed by atoms with Gasteiger partial charge in [-0.2, -0.15) is 0 Å². The fraction of sp³-hybridized carbons (Fsp3) is 0.455. The molecule has 0 aromatic rings. The Kier molecular flexibility index (Phi) is 1.23. The molecule has 1 atom stereocenters. The molecular weight excluding hydrogens is 146 g/mol. The Bertz CT molecular complexity index is 296. The van der Waals surface area contributed by atoms with Crippen molar-refractivity contribution in [2.24, 2.45) is 0 Å². The van der Waals surface area contributed by atoms with Crippen LogP contribution in [0.1, 0.15) is 19.3 Å². The average Bonchev–Trinajstić information content (AvgIpc) is 2.11. The van der Waals surface area contributed by atoms with Crippen LogP contribution in [-0.4, -0.2) is 17.5 Å². The van der Waals surface area contributed by atoms with E-state index in [4.69, 9.17) is 0 Å². The highest BCUT2D eigenvalue weighted by molar-refractivity contribution is 5.47. The second-order valence-electron chi connectivity index (χ2n) is 3.74. The highest BCUT2D eigenvalue weighted by Crippen LogP contribution is 2.38. The normalized spacial score (nSPS) is 31.3. The van der Waals surface area contributed by atoms with Crippen molar-refractivity contribution in [3.05, 3.63) is 35.6 Å². The second kappa shape index (κ2) is 2.25. The van der Waals surface area contributed by atoms with Crippen LogP contribution in [0.5, 0.6) is 0 Å². The van der Waals surface area contributed by atoms with Crippen molar-refractivity contribution in [3.8, 4) is 0 Å². The fourth-order valence-corrected chi connectivity index (χ4v) is 2.14. The van der Waals surface area contributed by atoms with Crippen molar-refractivity contribution in [1.82, 2.24) is 4.90 Å². The number of allylic oxidation sites excluding steroid dienone is 3. The summed E-state index contributed by atoms with van der Waals surface area (Å²) in [5.74, 6) is 0. The lowest BCUT2D eigenvalue weighted by Crippen LogP contribution is -2.52. The van der Waals surface area contributed by atoms with E-state index in [1.807, 2.05) is 0 Å². The molecule has 1 heteroatoms. The van der Waals surface area contributed by atoms with Crippen LogP contribution in [0.2, 0.25) is 0 Å². The van der Waals surface area contributed by atoms with E-state index in [9.17, 15) is 0 Å². The lowest BCUT2D eigenvalue weighted by Gasteiger charge is -2.51. The molecule has 1 saturated heterocycles. The molecule has 2 aliphatic heterocycles. The SMILES string of the molecule is C1=CC(C2=C[C@@H]3CCN23)=CCC1. The molecule has 0 radical (unpaired) electrons. The van der Waals surface area contributed by atoms with Gasteiger partial charge >= 0.3 is 0 Å². The molecule has 0 N–H and O–H groups in total. The lowest BCUT2D eigenvalue weighted by molar-refractivity contribution is 0.138. The van der Waals surface area contributed by atoms with Crippen molar-refractivity contribution in [1.29, 1.82) is 0 Å². The van der Waals surface area contributed by atoms with Crippen molar-refractivity contribution in [2.45, 2.75) is 25.3 Å². The van der Waals surface area contributed by atoms with E-state index in [1.165, 1.54) is 37.1 Å². The number of hydrogen-bond donors (Lipinski definition) is 0. The third-order valence-corrected chi connectivity index (χ3v) is 3.02. The summed E-state index contributed by atoms with van der Waals surface area (Å²) < 4.78 is 0. The highest BCUT2D eigenvalue weighted by Gasteiger charge is 2.36. The molecule has 0 amide bonds. The molecule has 0 aromatic heterocycles. The van der Waals surface area contributed by atoms with E-state index in [0.29, 0.717) is 0 Å².